The van der Waals surface area contributed by atoms with Gasteiger partial charge in [0.25, 0.3) is 11.8 Å². The van der Waals surface area contributed by atoms with Crippen LogP contribution in [0.5, 0.6) is 0 Å². The van der Waals surface area contributed by atoms with E-state index in [1.807, 2.05) is 48.5 Å². The number of hydrogen-bond donors (Lipinski definition) is 18. The number of alkyl halides is 3. The van der Waals surface area contributed by atoms with Gasteiger partial charge < -0.3 is 119 Å². The van der Waals surface area contributed by atoms with Crippen LogP contribution in [0.2, 0.25) is 0 Å². The van der Waals surface area contributed by atoms with E-state index in [2.05, 4.69) is 103 Å². The highest BCUT2D eigenvalue weighted by molar-refractivity contribution is 6.57. The second-order valence-electron chi connectivity index (χ2n) is 24.0. The number of guanidine groups is 3. The van der Waals surface area contributed by atoms with Crippen LogP contribution in [0.25, 0.3) is 0 Å². The molecule has 5 atom stereocenters. The second-order valence-corrected chi connectivity index (χ2v) is 24.0. The van der Waals surface area contributed by atoms with E-state index >= 15 is 0 Å². The van der Waals surface area contributed by atoms with Gasteiger partial charge in [-0.25, -0.2) is 9.59 Å². The number of pyridine rings is 3. The maximum absolute atomic E-state index is 12.1. The Morgan fingerprint density at radius 3 is 1.32 bits per heavy atom. The van der Waals surface area contributed by atoms with Crippen LogP contribution in [0.4, 0.5) is 35.0 Å². The molecule has 5 aromatic rings. The van der Waals surface area contributed by atoms with Crippen LogP contribution in [0.3, 0.4) is 0 Å². The molecule has 48 heteroatoms. The summed E-state index contributed by atoms with van der Waals surface area (Å²) in [5.74, 6) is -8.07. The fraction of sp³-hybridized carbons (Fsp3) is 0.377. The number of nitrogens with one attached hydrogen (secondary N) is 11. The number of cyclic esters (lactones) is 3. The highest BCUT2D eigenvalue weighted by Gasteiger charge is 2.38. The minimum Gasteiger partial charge on any atom is -0.480 e. The van der Waals surface area contributed by atoms with Gasteiger partial charge in [0.15, 0.2) is 23.7 Å². The number of aliphatic carboxylic acids is 3. The smallest absolute Gasteiger partial charge is 0.480 e. The standard InChI is InChI=1S/C15H18N6O4.C12H14BNO5.C12H14BNO4.C11H13N5O3.C9H10N4O2.2C4H7NO2.C2HF3O2/c22-12(20-11-4-13(23)25-8-11)7-19-14(24)9-3-10(6-16-5-9)21-15-17-1-2-18-15;13-8-19-14-10(12(16)17)6-11(15)18-7-9-4-2-1-3-5-9;13-12(17)14-10(7-15)6-11(16)18-8-9-4-2-1-3-5-9;17-9(18)6-15-10(19)7-3-8(5-12-4-7)16-11-13-1-2-14-11;14-8(15)6-3-7(5-10-4-6)13-9-11-1-2-12-9;2*5-3-1-4(6)7-2-3;3-2(4,5)1(6)7/h3,5-6,11H,1-2,4,7-8H2,(H,19,24)(H,20,22)(H2,17,18,21);1-5,10,14H,6-8H2,(H,16,17);1-5,10,15H,6-8H2,(H,14,17);3-5H,1-2,6H2,(H,15,19)(H,17,18)(H2,13,14,16);3-5H,1-2H2,(H,14,15)(H2,11,12,13);2*3H,1-2,5H2;(H,6,7)/t11-;2*10-;;;2*3-;/m000..00./s1. The van der Waals surface area contributed by atoms with Crippen LogP contribution in [-0.2, 0) is 84.9 Å². The highest BCUT2D eigenvalue weighted by Crippen LogP contribution is 2.15. The number of carbonyl (C=O) groups excluding carboxylic acids is 9. The third kappa shape index (κ3) is 42.3. The quantitative estimate of drug-likeness (QED) is 0.0127. The average molecular weight is 1640 g/mol. The van der Waals surface area contributed by atoms with Crippen LogP contribution in [-0.4, -0.2) is 273 Å². The van der Waals surface area contributed by atoms with Gasteiger partial charge in [0, 0.05) is 56.8 Å². The number of aliphatic hydroxyl groups is 1. The number of aromatic nitrogens is 3. The van der Waals surface area contributed by atoms with E-state index in [0.717, 1.165) is 37.3 Å². The van der Waals surface area contributed by atoms with Gasteiger partial charge in [-0.15, -0.1) is 0 Å². The molecule has 0 saturated carbocycles. The largest absolute Gasteiger partial charge is 0.490 e. The van der Waals surface area contributed by atoms with Gasteiger partial charge in [0.2, 0.25) is 13.8 Å². The van der Waals surface area contributed by atoms with Gasteiger partial charge >= 0.3 is 59.9 Å². The first-order chi connectivity index (χ1) is 55.8. The summed E-state index contributed by atoms with van der Waals surface area (Å²) >= 11 is 0. The van der Waals surface area contributed by atoms with Crippen molar-refractivity contribution in [3.63, 3.8) is 0 Å². The number of ether oxygens (including phenoxy) is 5. The van der Waals surface area contributed by atoms with Crippen molar-refractivity contribution in [3.05, 3.63) is 144 Å². The molecule has 2 aromatic carbocycles. The van der Waals surface area contributed by atoms with Gasteiger partial charge in [-0.3, -0.25) is 82.7 Å². The van der Waals surface area contributed by atoms with E-state index in [9.17, 15) is 70.7 Å². The Labute approximate surface area is 666 Å². The molecule has 0 unspecified atom stereocenters. The molecule has 117 heavy (non-hydrogen) atoms. The van der Waals surface area contributed by atoms with Crippen molar-refractivity contribution in [1.82, 2.24) is 57.6 Å². The predicted octanol–water partition coefficient (Wildman–Crippen LogP) is -2.23. The summed E-state index contributed by atoms with van der Waals surface area (Å²) in [4.78, 5) is 170. The molecule has 3 fully saturated rings. The third-order valence-corrected chi connectivity index (χ3v) is 14.3. The molecular formula is C69H84B2F3N19O24. The molecule has 6 aliphatic heterocycles. The number of anilines is 3. The Hall–Kier alpha value is -13.5. The summed E-state index contributed by atoms with van der Waals surface area (Å²) in [5.41, 5.74) is 17.0. The topological polar surface area (TPSA) is 639 Å². The predicted molar refractivity (Wildman–Crippen MR) is 405 cm³/mol. The number of carboxylic acids is 4. The first-order valence-electron chi connectivity index (χ1n) is 34.7. The van der Waals surface area contributed by atoms with Crippen LogP contribution >= 0.6 is 0 Å². The number of carbonyl (C=O) groups is 13. The second kappa shape index (κ2) is 52.8. The van der Waals surface area contributed by atoms with Gasteiger partial charge in [0.1, 0.15) is 53.5 Å². The van der Waals surface area contributed by atoms with E-state index in [4.69, 9.17) is 71.7 Å². The number of nitrogens with zero attached hydrogens (tertiary/aromatic N) is 6. The number of amides is 4. The van der Waals surface area contributed by atoms with E-state index in [0.29, 0.717) is 79.6 Å². The third-order valence-electron chi connectivity index (χ3n) is 14.3. The Kier molecular flexibility index (Phi) is 43.2. The fourth-order valence-electron chi connectivity index (χ4n) is 8.87. The SMILES string of the molecule is N[C@@H]1COC(=O)C1.N[C@@H]1COC(=O)C1.O=C(CNC(=O)c1cncc(NC2=NCCN2)c1)N[C@@H]1COC(=O)C1.O=C(O)C(F)(F)F.O=C(O)CNC(=O)c1cncc(NC2=NCCN2)c1.O=C(O)c1cncc(NC2=NCCN2)c1.[B]C(=O)N[C@H](CO)CC(=O)OCc1ccccc1.[B]CON[C@@H](CC(=O)OCc1ccccc1)C(=O)O. The van der Waals surface area contributed by atoms with Gasteiger partial charge in [-0.2, -0.15) is 18.7 Å². The summed E-state index contributed by atoms with van der Waals surface area (Å²) in [5, 5.41) is 69.8. The van der Waals surface area contributed by atoms with E-state index in [-0.39, 0.29) is 112 Å². The lowest BCUT2D eigenvalue weighted by molar-refractivity contribution is -0.192. The first kappa shape index (κ1) is 95.9. The number of aliphatic hydroxyl groups excluding tert-OH is 1. The molecule has 0 bridgehead atoms. The Morgan fingerprint density at radius 2 is 0.991 bits per heavy atom. The van der Waals surface area contributed by atoms with E-state index in [1.165, 1.54) is 24.7 Å². The summed E-state index contributed by atoms with van der Waals surface area (Å²) in [6, 6.07) is 20.7. The summed E-state index contributed by atoms with van der Waals surface area (Å²) in [6.07, 6.45) is 4.13. The summed E-state index contributed by atoms with van der Waals surface area (Å²) < 4.78 is 55.5. The number of hydrogen-bond acceptors (Lipinski definition) is 35. The van der Waals surface area contributed by atoms with Crippen LogP contribution in [0.1, 0.15) is 74.3 Å². The Balaban J connectivity index is 0.000000291. The molecular weight excluding hydrogens is 1560 g/mol. The Bertz CT molecular complexity index is 4200. The van der Waals surface area contributed by atoms with Gasteiger partial charge in [-0.05, 0) is 29.3 Å². The number of hydroxylamine groups is 1. The molecule has 0 spiro atoms. The Morgan fingerprint density at radius 1 is 0.581 bits per heavy atom. The maximum Gasteiger partial charge on any atom is 0.490 e. The lowest BCUT2D eigenvalue weighted by atomic mass is 10.1. The molecule has 4 radical (unpaired) electrons. The van der Waals surface area contributed by atoms with E-state index < -0.39 is 78.2 Å². The van der Waals surface area contributed by atoms with Crippen molar-refractivity contribution >= 4 is 128 Å². The number of nitrogens with two attached hydrogens (primary N) is 2. The van der Waals surface area contributed by atoms with Crippen molar-refractivity contribution in [2.45, 2.75) is 81.7 Å². The molecule has 0 aliphatic carbocycles. The summed E-state index contributed by atoms with van der Waals surface area (Å²) in [7, 11) is 9.95. The fourth-order valence-corrected chi connectivity index (χ4v) is 8.87. The molecule has 3 saturated heterocycles. The maximum atomic E-state index is 12.1. The molecule has 626 valence electrons. The minimum absolute atomic E-state index is 0.0486. The molecule has 6 aliphatic rings. The highest BCUT2D eigenvalue weighted by atomic mass is 19.4. The zero-order chi connectivity index (χ0) is 86.1. The molecule has 43 nitrogen and oxygen atoms in total. The van der Waals surface area contributed by atoms with Crippen molar-refractivity contribution < 1.29 is 130 Å². The number of benzene rings is 2. The van der Waals surface area contributed by atoms with Gasteiger partial charge in [0.05, 0.1) is 129 Å². The van der Waals surface area contributed by atoms with E-state index in [1.54, 1.807) is 42.9 Å². The van der Waals surface area contributed by atoms with Crippen molar-refractivity contribution in [2.24, 2.45) is 26.4 Å². The van der Waals surface area contributed by atoms with Crippen molar-refractivity contribution in [2.75, 3.05) is 101 Å². The summed E-state index contributed by atoms with van der Waals surface area (Å²) in [6.45, 7) is 4.51. The van der Waals surface area contributed by atoms with Crippen molar-refractivity contribution in [1.29, 1.82) is 0 Å². The first-order valence-corrected chi connectivity index (χ1v) is 34.7. The number of halogens is 3. The zero-order valence-corrected chi connectivity index (χ0v) is 62.1. The lowest BCUT2D eigenvalue weighted by Gasteiger charge is -2.14. The molecule has 4 amide bonds. The average Bonchev–Trinajstić information content (AvgIpc) is 1.87. The molecule has 20 N–H and O–H groups in total. The number of rotatable bonds is 25. The molecule has 9 heterocycles. The van der Waals surface area contributed by atoms with Crippen molar-refractivity contribution in [3.8, 4) is 0 Å². The van der Waals surface area contributed by atoms with Crippen LogP contribution < -0.4 is 70.1 Å². The minimum atomic E-state index is -5.08. The van der Waals surface area contributed by atoms with Gasteiger partial charge in [-0.1, -0.05) is 60.7 Å². The molecule has 11 rings (SSSR count). The number of esters is 5. The number of aromatic carboxylic acids is 1. The lowest BCUT2D eigenvalue weighted by Crippen LogP contribution is -2.42. The van der Waals surface area contributed by atoms with Crippen LogP contribution in [0, 0.1) is 0 Å². The zero-order valence-electron chi connectivity index (χ0n) is 62.1. The monoisotopic (exact) mass is 1640 g/mol. The number of aliphatic imine (C=N–C) groups is 3. The molecule has 3 aromatic heterocycles. The van der Waals surface area contributed by atoms with Crippen LogP contribution in [0.15, 0.2) is 131 Å². The normalized spacial score (nSPS) is 16.0. The number of carboxylic acid groups (broad SMARTS) is 4.